The van der Waals surface area contributed by atoms with Gasteiger partial charge >= 0.3 is 12.3 Å². The van der Waals surface area contributed by atoms with Gasteiger partial charge in [-0.2, -0.15) is 13.2 Å². The molecule has 2 atom stereocenters. The highest BCUT2D eigenvalue weighted by Crippen LogP contribution is 2.32. The summed E-state index contributed by atoms with van der Waals surface area (Å²) in [5.41, 5.74) is -2.06. The molecule has 1 aromatic carbocycles. The SMILES string of the molecule is CC(C)(C)N(Cc1cc(Oc2cccc(C(=O)N3CC(O)C(F)C3)c2)nc(C(F)(F)F)c1)C(=O)O. The number of halogens is 4. The van der Waals surface area contributed by atoms with Crippen molar-refractivity contribution in [2.45, 2.75) is 51.3 Å². The molecule has 2 heterocycles. The summed E-state index contributed by atoms with van der Waals surface area (Å²) in [4.78, 5) is 29.9. The third-order valence-corrected chi connectivity index (χ3v) is 5.34. The number of rotatable bonds is 5. The summed E-state index contributed by atoms with van der Waals surface area (Å²) < 4.78 is 59.5. The number of β-amino-alcohol motifs (C(OH)–C–C–N with tert-alkyl or cyclic N) is 1. The molecule has 2 N–H and O–H groups in total. The van der Waals surface area contributed by atoms with Crippen molar-refractivity contribution in [3.63, 3.8) is 0 Å². The highest BCUT2D eigenvalue weighted by Gasteiger charge is 2.36. The fraction of sp³-hybridized carbons (Fsp3) is 0.435. The van der Waals surface area contributed by atoms with Crippen molar-refractivity contribution in [2.24, 2.45) is 0 Å². The fourth-order valence-electron chi connectivity index (χ4n) is 3.53. The Morgan fingerprint density at radius 3 is 2.40 bits per heavy atom. The maximum atomic E-state index is 13.6. The zero-order valence-electron chi connectivity index (χ0n) is 19.2. The average Bonchev–Trinajstić information content (AvgIpc) is 3.08. The molecule has 0 saturated carbocycles. The van der Waals surface area contributed by atoms with E-state index in [0.29, 0.717) is 0 Å². The predicted molar refractivity (Wildman–Crippen MR) is 116 cm³/mol. The number of carbonyl (C=O) groups excluding carboxylic acids is 1. The van der Waals surface area contributed by atoms with Crippen molar-refractivity contribution in [3.05, 3.63) is 53.2 Å². The zero-order valence-corrected chi connectivity index (χ0v) is 19.2. The van der Waals surface area contributed by atoms with Crippen LogP contribution in [0.1, 0.15) is 42.4 Å². The summed E-state index contributed by atoms with van der Waals surface area (Å²) in [6.07, 6.45) is -8.98. The van der Waals surface area contributed by atoms with Crippen LogP contribution in [0.3, 0.4) is 0 Å². The first-order valence-electron chi connectivity index (χ1n) is 10.6. The van der Waals surface area contributed by atoms with E-state index >= 15 is 0 Å². The van der Waals surface area contributed by atoms with Gasteiger partial charge in [0, 0.05) is 30.3 Å². The lowest BCUT2D eigenvalue weighted by Crippen LogP contribution is -2.44. The van der Waals surface area contributed by atoms with Crippen molar-refractivity contribution in [1.29, 1.82) is 0 Å². The van der Waals surface area contributed by atoms with E-state index in [0.717, 1.165) is 15.9 Å². The Kier molecular flexibility index (Phi) is 7.25. The minimum atomic E-state index is -4.82. The smallest absolute Gasteiger partial charge is 0.433 e. The van der Waals surface area contributed by atoms with Crippen LogP contribution in [0.2, 0.25) is 0 Å². The van der Waals surface area contributed by atoms with E-state index in [-0.39, 0.29) is 36.5 Å². The molecule has 2 amide bonds. The van der Waals surface area contributed by atoms with E-state index in [1.807, 2.05) is 0 Å². The highest BCUT2D eigenvalue weighted by molar-refractivity contribution is 5.94. The maximum absolute atomic E-state index is 13.6. The number of nitrogens with zero attached hydrogens (tertiary/aromatic N) is 3. The highest BCUT2D eigenvalue weighted by atomic mass is 19.4. The molecule has 2 aromatic rings. The molecule has 1 saturated heterocycles. The molecule has 1 aromatic heterocycles. The molecule has 0 radical (unpaired) electrons. The standard InChI is InChI=1S/C23H25F4N3O5/c1-22(2,3)30(21(33)34)10-13-7-18(23(25,26)27)28-19(8-13)35-15-6-4-5-14(9-15)20(32)29-11-16(24)17(31)12-29/h4-9,16-17,31H,10-12H2,1-3H3,(H,33,34). The number of aliphatic hydroxyl groups is 1. The van der Waals surface area contributed by atoms with Gasteiger partial charge < -0.3 is 19.8 Å². The van der Waals surface area contributed by atoms with Crippen molar-refractivity contribution in [2.75, 3.05) is 13.1 Å². The summed E-state index contributed by atoms with van der Waals surface area (Å²) in [5, 5.41) is 19.0. The quantitative estimate of drug-likeness (QED) is 0.594. The molecule has 190 valence electrons. The molecule has 8 nitrogen and oxygen atoms in total. The first-order valence-corrected chi connectivity index (χ1v) is 10.6. The molecule has 1 fully saturated rings. The Morgan fingerprint density at radius 1 is 1.17 bits per heavy atom. The number of alkyl halides is 4. The second-order valence-electron chi connectivity index (χ2n) is 9.16. The number of pyridine rings is 1. The molecule has 0 spiro atoms. The van der Waals surface area contributed by atoms with Gasteiger partial charge in [0.15, 0.2) is 0 Å². The Bertz CT molecular complexity index is 1090. The van der Waals surface area contributed by atoms with Gasteiger partial charge in [-0.3, -0.25) is 9.69 Å². The van der Waals surface area contributed by atoms with Crippen molar-refractivity contribution in [1.82, 2.24) is 14.8 Å². The summed E-state index contributed by atoms with van der Waals surface area (Å²) in [6, 6.07) is 7.46. The van der Waals surface area contributed by atoms with Crippen LogP contribution in [0.5, 0.6) is 11.6 Å². The van der Waals surface area contributed by atoms with E-state index in [1.54, 1.807) is 20.8 Å². The number of hydrogen-bond donors (Lipinski definition) is 2. The van der Waals surface area contributed by atoms with Crippen LogP contribution in [-0.2, 0) is 12.7 Å². The topological polar surface area (TPSA) is 103 Å². The monoisotopic (exact) mass is 499 g/mol. The first kappa shape index (κ1) is 26.2. The van der Waals surface area contributed by atoms with Crippen LogP contribution in [-0.4, -0.2) is 67.9 Å². The zero-order chi connectivity index (χ0) is 26.1. The minimum absolute atomic E-state index is 0.00363. The fourth-order valence-corrected chi connectivity index (χ4v) is 3.53. The Hall–Kier alpha value is -3.41. The lowest BCUT2D eigenvalue weighted by atomic mass is 10.1. The summed E-state index contributed by atoms with van der Waals surface area (Å²) in [5.74, 6) is -1.02. The number of likely N-dealkylation sites (tertiary alicyclic amines) is 1. The maximum Gasteiger partial charge on any atom is 0.433 e. The number of ether oxygens (including phenoxy) is 1. The minimum Gasteiger partial charge on any atom is -0.465 e. The Morgan fingerprint density at radius 2 is 1.86 bits per heavy atom. The number of aliphatic hydroxyl groups excluding tert-OH is 1. The Balaban J connectivity index is 1.90. The molecular weight excluding hydrogens is 474 g/mol. The van der Waals surface area contributed by atoms with Gasteiger partial charge in [-0.15, -0.1) is 0 Å². The van der Waals surface area contributed by atoms with Crippen molar-refractivity contribution < 1.29 is 42.1 Å². The van der Waals surface area contributed by atoms with Crippen LogP contribution >= 0.6 is 0 Å². The van der Waals surface area contributed by atoms with Crippen LogP contribution in [0, 0.1) is 0 Å². The molecular formula is C23H25F4N3O5. The van der Waals surface area contributed by atoms with Gasteiger partial charge in [0.25, 0.3) is 5.91 Å². The largest absolute Gasteiger partial charge is 0.465 e. The number of benzene rings is 1. The van der Waals surface area contributed by atoms with Crippen LogP contribution in [0.15, 0.2) is 36.4 Å². The average molecular weight is 499 g/mol. The van der Waals surface area contributed by atoms with Gasteiger partial charge in [-0.05, 0) is 50.6 Å². The van der Waals surface area contributed by atoms with E-state index in [9.17, 15) is 37.4 Å². The summed E-state index contributed by atoms with van der Waals surface area (Å²) >= 11 is 0. The van der Waals surface area contributed by atoms with Crippen molar-refractivity contribution in [3.8, 4) is 11.6 Å². The number of amides is 2. The molecule has 12 heteroatoms. The predicted octanol–water partition coefficient (Wildman–Crippen LogP) is 4.33. The molecule has 1 aliphatic heterocycles. The second-order valence-corrected chi connectivity index (χ2v) is 9.16. The molecule has 0 bridgehead atoms. The normalized spacial score (nSPS) is 18.5. The lowest BCUT2D eigenvalue weighted by Gasteiger charge is -2.33. The van der Waals surface area contributed by atoms with Gasteiger partial charge in [-0.25, -0.2) is 14.2 Å². The van der Waals surface area contributed by atoms with E-state index in [4.69, 9.17) is 4.74 Å². The van der Waals surface area contributed by atoms with Crippen LogP contribution < -0.4 is 4.74 Å². The molecule has 1 aliphatic rings. The molecule has 3 rings (SSSR count). The molecule has 0 aliphatic carbocycles. The first-order chi connectivity index (χ1) is 16.1. The second kappa shape index (κ2) is 9.68. The summed E-state index contributed by atoms with van der Waals surface area (Å²) in [7, 11) is 0. The van der Waals surface area contributed by atoms with Gasteiger partial charge in [-0.1, -0.05) is 6.07 Å². The molecule has 35 heavy (non-hydrogen) atoms. The van der Waals surface area contributed by atoms with Crippen LogP contribution in [0.4, 0.5) is 22.4 Å². The van der Waals surface area contributed by atoms with Gasteiger partial charge in [0.1, 0.15) is 23.7 Å². The van der Waals surface area contributed by atoms with Gasteiger partial charge in [0.05, 0.1) is 6.54 Å². The number of carboxylic acid groups (broad SMARTS) is 1. The van der Waals surface area contributed by atoms with E-state index in [2.05, 4.69) is 4.98 Å². The number of hydrogen-bond acceptors (Lipinski definition) is 5. The van der Waals surface area contributed by atoms with Gasteiger partial charge in [0.2, 0.25) is 5.88 Å². The van der Waals surface area contributed by atoms with E-state index < -0.39 is 47.6 Å². The third kappa shape index (κ3) is 6.38. The third-order valence-electron chi connectivity index (χ3n) is 5.34. The van der Waals surface area contributed by atoms with Crippen molar-refractivity contribution >= 4 is 12.0 Å². The van der Waals surface area contributed by atoms with E-state index in [1.165, 1.54) is 30.3 Å². The Labute approximate surface area is 198 Å². The van der Waals surface area contributed by atoms with Crippen LogP contribution in [0.25, 0.3) is 0 Å². The summed E-state index contributed by atoms with van der Waals surface area (Å²) in [6.45, 7) is 4.02. The number of aromatic nitrogens is 1. The lowest BCUT2D eigenvalue weighted by molar-refractivity contribution is -0.141. The molecule has 2 unspecified atom stereocenters. The number of carbonyl (C=O) groups is 2.